The van der Waals surface area contributed by atoms with Crippen LogP contribution in [0.2, 0.25) is 0 Å². The van der Waals surface area contributed by atoms with Crippen LogP contribution < -0.4 is 20.7 Å². The number of nitrogens with one attached hydrogen (secondary N) is 1. The number of nitrogen functional groups attached to an aromatic ring is 1. The number of carboxylic acid groups (broad SMARTS) is 1. The number of oxime groups is 1. The van der Waals surface area contributed by atoms with Gasteiger partial charge in [-0.1, -0.05) is 16.3 Å². The van der Waals surface area contributed by atoms with Crippen molar-refractivity contribution in [3.05, 3.63) is 53.4 Å². The van der Waals surface area contributed by atoms with Gasteiger partial charge in [0.25, 0.3) is 11.8 Å². The molecule has 2 atom stereocenters. The quantitative estimate of drug-likeness (QED) is 0.143. The first kappa shape index (κ1) is 25.3. The van der Waals surface area contributed by atoms with Crippen molar-refractivity contribution in [3.63, 3.8) is 0 Å². The number of aromatic nitrogens is 5. The van der Waals surface area contributed by atoms with Crippen molar-refractivity contribution in [3.8, 4) is 0 Å². The topological polar surface area (TPSA) is 184 Å². The average Bonchev–Trinajstić information content (AvgIpc) is 3.50. The average molecular weight is 556 g/mol. The van der Waals surface area contributed by atoms with E-state index in [-0.39, 0.29) is 34.7 Å². The van der Waals surface area contributed by atoms with Crippen molar-refractivity contribution in [1.29, 1.82) is 0 Å². The van der Waals surface area contributed by atoms with Gasteiger partial charge in [-0.3, -0.25) is 14.5 Å². The maximum absolute atomic E-state index is 13.0. The standard InChI is InChI=1S/C22H21N9O5S2/c1-3-36-27-14(17-25-22(23)38-28-17)18(32)24-15-19(33)31-16(21(34)35)11(10-37-20(15)31)4-5-12-6-7-13-29(2)8-9-30(13)26-12/h4-9,15,20H,3,10H2,1-2H3,(H3-,23,24,25,28,32,34,35)/b5-4+,27-14-/t15-,20-/m1/s1. The zero-order chi connectivity index (χ0) is 27.0. The van der Waals surface area contributed by atoms with Gasteiger partial charge in [0.1, 0.15) is 29.9 Å². The van der Waals surface area contributed by atoms with Crippen LogP contribution in [-0.2, 0) is 26.3 Å². The van der Waals surface area contributed by atoms with Crippen LogP contribution in [0.4, 0.5) is 5.13 Å². The lowest BCUT2D eigenvalue weighted by molar-refractivity contribution is -0.644. The maximum Gasteiger partial charge on any atom is 0.306 e. The Hall–Kier alpha value is -4.31. The summed E-state index contributed by atoms with van der Waals surface area (Å²) in [5, 5.41) is 22.4. The van der Waals surface area contributed by atoms with Gasteiger partial charge in [0, 0.05) is 23.4 Å². The zero-order valence-corrected chi connectivity index (χ0v) is 21.7. The first-order valence-electron chi connectivity index (χ1n) is 11.3. The smallest absolute Gasteiger partial charge is 0.306 e. The largest absolute Gasteiger partial charge is 0.543 e. The van der Waals surface area contributed by atoms with Gasteiger partial charge in [0.15, 0.2) is 11.3 Å². The summed E-state index contributed by atoms with van der Waals surface area (Å²) < 4.78 is 7.58. The molecule has 14 nitrogen and oxygen atoms in total. The number of β-lactam (4-membered cyclic amide) rings is 1. The molecule has 0 radical (unpaired) electrons. The van der Waals surface area contributed by atoms with Crippen LogP contribution in [0.1, 0.15) is 18.4 Å². The number of nitrogens with two attached hydrogens (primary N) is 1. The summed E-state index contributed by atoms with van der Waals surface area (Å²) in [4.78, 5) is 48.1. The number of amides is 2. The van der Waals surface area contributed by atoms with Crippen molar-refractivity contribution in [2.45, 2.75) is 18.3 Å². The molecule has 0 aromatic carbocycles. The molecule has 5 heterocycles. The van der Waals surface area contributed by atoms with Gasteiger partial charge in [0.2, 0.25) is 11.5 Å². The molecule has 0 saturated carbocycles. The highest BCUT2D eigenvalue weighted by molar-refractivity contribution is 8.00. The molecule has 2 aliphatic rings. The van der Waals surface area contributed by atoms with Crippen molar-refractivity contribution >= 4 is 63.6 Å². The van der Waals surface area contributed by atoms with Crippen LogP contribution in [0.3, 0.4) is 0 Å². The van der Waals surface area contributed by atoms with Gasteiger partial charge in [-0.15, -0.1) is 16.3 Å². The lowest BCUT2D eigenvalue weighted by Gasteiger charge is -2.50. The number of hydrogen-bond acceptors (Lipinski definition) is 12. The number of carbonyl (C=O) groups excluding carboxylic acids is 3. The molecule has 0 unspecified atom stereocenters. The van der Waals surface area contributed by atoms with Crippen LogP contribution in [0.15, 0.2) is 47.0 Å². The lowest BCUT2D eigenvalue weighted by Crippen LogP contribution is -2.71. The van der Waals surface area contributed by atoms with E-state index in [1.54, 1.807) is 35.9 Å². The van der Waals surface area contributed by atoms with Crippen molar-refractivity contribution in [2.75, 3.05) is 18.1 Å². The van der Waals surface area contributed by atoms with Crippen LogP contribution in [-0.4, -0.2) is 71.1 Å². The normalized spacial score (nSPS) is 19.6. The Balaban J connectivity index is 1.35. The minimum atomic E-state index is -1.49. The number of thioether (sulfide) groups is 1. The van der Waals surface area contributed by atoms with E-state index in [1.165, 1.54) is 11.8 Å². The number of allylic oxidation sites excluding steroid dienone is 1. The number of anilines is 1. The summed E-state index contributed by atoms with van der Waals surface area (Å²) in [5.74, 6) is -2.61. The van der Waals surface area contributed by atoms with Crippen molar-refractivity contribution < 1.29 is 28.9 Å². The summed E-state index contributed by atoms with van der Waals surface area (Å²) in [7, 11) is 1.90. The molecule has 1 saturated heterocycles. The predicted octanol–water partition coefficient (Wildman–Crippen LogP) is -1.55. The number of carboxylic acids is 1. The van der Waals surface area contributed by atoms with Crippen molar-refractivity contribution in [2.24, 2.45) is 12.2 Å². The van der Waals surface area contributed by atoms with E-state index in [0.717, 1.165) is 22.1 Å². The molecule has 38 heavy (non-hydrogen) atoms. The van der Waals surface area contributed by atoms with Gasteiger partial charge >= 0.3 is 5.65 Å². The fourth-order valence-corrected chi connectivity index (χ4v) is 5.72. The second kappa shape index (κ2) is 10.2. The summed E-state index contributed by atoms with van der Waals surface area (Å²) in [6, 6.07) is 2.70. The van der Waals surface area contributed by atoms with Gasteiger partial charge in [0.05, 0.1) is 18.7 Å². The highest BCUT2D eigenvalue weighted by Gasteiger charge is 2.53. The predicted molar refractivity (Wildman–Crippen MR) is 135 cm³/mol. The number of aliphatic carboxylic acids is 1. The Morgan fingerprint density at radius 1 is 1.39 bits per heavy atom. The number of fused-ring (bicyclic) bond motifs is 2. The monoisotopic (exact) mass is 555 g/mol. The Kier molecular flexibility index (Phi) is 6.81. The summed E-state index contributed by atoms with van der Waals surface area (Å²) >= 11 is 2.19. The third kappa shape index (κ3) is 4.58. The summed E-state index contributed by atoms with van der Waals surface area (Å²) in [6.45, 7) is 1.87. The number of nitrogens with zero attached hydrogens (tertiary/aromatic N) is 7. The molecule has 0 spiro atoms. The van der Waals surface area contributed by atoms with Crippen LogP contribution >= 0.6 is 23.3 Å². The maximum atomic E-state index is 13.0. The summed E-state index contributed by atoms with van der Waals surface area (Å²) in [6.07, 6.45) is 6.95. The highest BCUT2D eigenvalue weighted by Crippen LogP contribution is 2.40. The van der Waals surface area contributed by atoms with Gasteiger partial charge in [-0.05, 0) is 24.6 Å². The van der Waals surface area contributed by atoms with E-state index in [4.69, 9.17) is 10.6 Å². The zero-order valence-electron chi connectivity index (χ0n) is 20.1. The number of imidazole rings is 1. The first-order chi connectivity index (χ1) is 18.3. The summed E-state index contributed by atoms with van der Waals surface area (Å²) in [5.41, 5.74) is 7.00. The van der Waals surface area contributed by atoms with E-state index in [0.29, 0.717) is 11.3 Å². The number of carbonyl (C=O) groups is 3. The van der Waals surface area contributed by atoms with Gasteiger partial charge < -0.3 is 25.8 Å². The molecule has 3 N–H and O–H groups in total. The fraction of sp³-hybridized carbons (Fsp3) is 0.273. The lowest BCUT2D eigenvalue weighted by atomic mass is 10.0. The number of hydrogen-bond donors (Lipinski definition) is 2. The Labute approximate surface area is 223 Å². The fourth-order valence-electron chi connectivity index (χ4n) is 3.96. The molecule has 196 valence electrons. The second-order valence-corrected chi connectivity index (χ2v) is 10.0. The molecule has 0 bridgehead atoms. The van der Waals surface area contributed by atoms with E-state index in [2.05, 4.69) is 24.9 Å². The van der Waals surface area contributed by atoms with Gasteiger partial charge in [-0.2, -0.15) is 9.36 Å². The molecular weight excluding hydrogens is 534 g/mol. The van der Waals surface area contributed by atoms with Crippen LogP contribution in [0.25, 0.3) is 11.7 Å². The van der Waals surface area contributed by atoms with Crippen LogP contribution in [0.5, 0.6) is 0 Å². The molecule has 3 aromatic rings. The molecule has 2 amide bonds. The third-order valence-corrected chi connectivity index (χ3v) is 7.59. The Morgan fingerprint density at radius 3 is 2.92 bits per heavy atom. The second-order valence-electron chi connectivity index (χ2n) is 8.14. The number of rotatable bonds is 8. The Bertz CT molecular complexity index is 1540. The first-order valence-corrected chi connectivity index (χ1v) is 13.1. The third-order valence-electron chi connectivity index (χ3n) is 5.74. The Morgan fingerprint density at radius 2 is 2.21 bits per heavy atom. The molecule has 1 fully saturated rings. The molecule has 16 heteroatoms. The van der Waals surface area contributed by atoms with Gasteiger partial charge in [-0.25, -0.2) is 4.57 Å². The minimum Gasteiger partial charge on any atom is -0.543 e. The van der Waals surface area contributed by atoms with E-state index in [9.17, 15) is 19.5 Å². The molecule has 2 aliphatic heterocycles. The minimum absolute atomic E-state index is 0.0402. The van der Waals surface area contributed by atoms with E-state index in [1.807, 2.05) is 23.9 Å². The molecule has 0 aliphatic carbocycles. The molecule has 3 aromatic heterocycles. The van der Waals surface area contributed by atoms with Crippen LogP contribution in [0, 0.1) is 0 Å². The SMILES string of the molecule is CCO/N=C(\C(=O)N[C@@H]1C(=O)N2C(C(=O)[O-])=C(/C=C/c3ccc4n(cc[n+]4C)n3)CS[C@H]12)c1nsc(N)n1. The van der Waals surface area contributed by atoms with E-state index < -0.39 is 29.2 Å². The molecule has 5 rings (SSSR count). The van der Waals surface area contributed by atoms with Crippen molar-refractivity contribution in [1.82, 2.24) is 29.2 Å². The highest BCUT2D eigenvalue weighted by atomic mass is 32.2. The van der Waals surface area contributed by atoms with E-state index >= 15 is 0 Å². The molecular formula is C22H21N9O5S2. The number of aryl methyl sites for hydroxylation is 1.